The first-order chi connectivity index (χ1) is 19.8. The summed E-state index contributed by atoms with van der Waals surface area (Å²) in [4.78, 5) is 25.1. The van der Waals surface area contributed by atoms with Gasteiger partial charge in [-0.1, -0.05) is 24.3 Å². The first-order valence-electron chi connectivity index (χ1n) is 13.8. The number of carbonyl (C=O) groups is 1. The minimum Gasteiger partial charge on any atom is -0.474 e. The van der Waals surface area contributed by atoms with Crippen LogP contribution in [0.5, 0.6) is 5.88 Å². The molecule has 10 heteroatoms. The van der Waals surface area contributed by atoms with Crippen LogP contribution in [0.2, 0.25) is 0 Å². The summed E-state index contributed by atoms with van der Waals surface area (Å²) in [6, 6.07) is 16.3. The maximum absolute atomic E-state index is 13.0. The molecule has 3 aromatic rings. The van der Waals surface area contributed by atoms with Crippen LogP contribution >= 0.6 is 0 Å². The van der Waals surface area contributed by atoms with E-state index >= 15 is 0 Å². The number of nitrogens with zero attached hydrogens (tertiary/aromatic N) is 4. The molecule has 41 heavy (non-hydrogen) atoms. The van der Waals surface area contributed by atoms with Crippen molar-refractivity contribution in [1.82, 2.24) is 15.2 Å². The minimum absolute atomic E-state index is 0.0894. The number of hydrogen-bond acceptors (Lipinski definition) is 5. The molecule has 5 rings (SSSR count). The van der Waals surface area contributed by atoms with Gasteiger partial charge in [-0.2, -0.15) is 13.2 Å². The normalized spacial score (nSPS) is 17.2. The van der Waals surface area contributed by atoms with E-state index in [0.717, 1.165) is 50.3 Å². The number of nitrogens with one attached hydrogen (secondary N) is 1. The second-order valence-electron chi connectivity index (χ2n) is 10.5. The van der Waals surface area contributed by atoms with E-state index < -0.39 is 11.7 Å². The third-order valence-electron chi connectivity index (χ3n) is 7.68. The molecule has 0 unspecified atom stereocenters. The van der Waals surface area contributed by atoms with Gasteiger partial charge in [0.1, 0.15) is 6.10 Å². The van der Waals surface area contributed by atoms with E-state index in [1.54, 1.807) is 18.3 Å². The van der Waals surface area contributed by atoms with E-state index in [1.165, 1.54) is 17.7 Å². The van der Waals surface area contributed by atoms with Crippen molar-refractivity contribution in [2.75, 3.05) is 31.1 Å². The summed E-state index contributed by atoms with van der Waals surface area (Å²) in [5.41, 5.74) is 2.42. The van der Waals surface area contributed by atoms with Crippen molar-refractivity contribution in [3.8, 4) is 5.88 Å². The smallest absolute Gasteiger partial charge is 0.416 e. The molecule has 214 valence electrons. The lowest BCUT2D eigenvalue weighted by Crippen LogP contribution is -2.44. The number of pyridine rings is 1. The highest BCUT2D eigenvalue weighted by atomic mass is 19.4. The van der Waals surface area contributed by atoms with Crippen LogP contribution in [-0.2, 0) is 12.7 Å². The highest BCUT2D eigenvalue weighted by Gasteiger charge is 2.30. The lowest BCUT2D eigenvalue weighted by Gasteiger charge is -2.33. The lowest BCUT2D eigenvalue weighted by molar-refractivity contribution is -0.137. The maximum Gasteiger partial charge on any atom is 0.416 e. The Kier molecular flexibility index (Phi) is 8.74. The molecule has 2 aliphatic heterocycles. The molecule has 1 N–H and O–H groups in total. The number of rotatable bonds is 7. The molecule has 2 aromatic carbocycles. The Labute approximate surface area is 237 Å². The van der Waals surface area contributed by atoms with E-state index in [0.29, 0.717) is 43.1 Å². The Balaban J connectivity index is 1.07. The van der Waals surface area contributed by atoms with Crippen LogP contribution in [0.4, 0.5) is 24.5 Å². The second-order valence-corrected chi connectivity index (χ2v) is 10.5. The van der Waals surface area contributed by atoms with E-state index in [-0.39, 0.29) is 18.1 Å². The number of anilines is 1. The monoisotopic (exact) mass is 563 g/mol. The van der Waals surface area contributed by atoms with Crippen LogP contribution in [0.3, 0.4) is 0 Å². The van der Waals surface area contributed by atoms with Crippen molar-refractivity contribution in [1.29, 1.82) is 0 Å². The number of likely N-dealkylation sites (tertiary alicyclic amines) is 1. The van der Waals surface area contributed by atoms with Gasteiger partial charge in [0.05, 0.1) is 12.1 Å². The van der Waals surface area contributed by atoms with Gasteiger partial charge in [0, 0.05) is 75.1 Å². The molecule has 1 aromatic heterocycles. The van der Waals surface area contributed by atoms with E-state index in [2.05, 4.69) is 20.0 Å². The number of alkyl halides is 3. The Bertz CT molecular complexity index is 1360. The molecule has 0 radical (unpaired) electrons. The van der Waals surface area contributed by atoms with Crippen LogP contribution in [0.25, 0.3) is 4.85 Å². The summed E-state index contributed by atoms with van der Waals surface area (Å²) in [6.45, 7) is 11.0. The number of halogens is 3. The number of hydrogen-bond donors (Lipinski definition) is 1. The Morgan fingerprint density at radius 1 is 0.976 bits per heavy atom. The van der Waals surface area contributed by atoms with Gasteiger partial charge in [0.25, 0.3) is 5.91 Å². The van der Waals surface area contributed by atoms with Gasteiger partial charge in [-0.25, -0.2) is 9.83 Å². The van der Waals surface area contributed by atoms with Gasteiger partial charge < -0.3 is 15.0 Å². The maximum atomic E-state index is 13.0. The highest BCUT2D eigenvalue weighted by molar-refractivity contribution is 5.94. The fourth-order valence-corrected chi connectivity index (χ4v) is 5.32. The average molecular weight is 564 g/mol. The van der Waals surface area contributed by atoms with Crippen LogP contribution in [0.1, 0.15) is 47.2 Å². The second kappa shape index (κ2) is 12.6. The van der Waals surface area contributed by atoms with Crippen LogP contribution in [0.15, 0.2) is 66.9 Å². The number of benzene rings is 2. The predicted molar refractivity (Wildman–Crippen MR) is 150 cm³/mol. The van der Waals surface area contributed by atoms with Gasteiger partial charge in [-0.3, -0.25) is 9.69 Å². The number of ether oxygens (including phenoxy) is 1. The molecule has 0 saturated carbocycles. The number of amides is 1. The SMILES string of the molecule is [C-]#[N+]c1ccc(CN2CCC(NC(=O)c3ccnc(OC4CCN(c5ccc(C(F)(F)F)cc5)CC4)c3)CC2)cc1. The van der Waals surface area contributed by atoms with Crippen molar-refractivity contribution in [3.63, 3.8) is 0 Å². The Morgan fingerprint density at radius 3 is 2.29 bits per heavy atom. The molecule has 2 saturated heterocycles. The number of piperidine rings is 2. The molecule has 3 heterocycles. The van der Waals surface area contributed by atoms with Gasteiger partial charge in [-0.15, -0.1) is 0 Å². The summed E-state index contributed by atoms with van der Waals surface area (Å²) in [5.74, 6) is 0.243. The summed E-state index contributed by atoms with van der Waals surface area (Å²) >= 11 is 0. The van der Waals surface area contributed by atoms with Crippen LogP contribution in [-0.4, -0.2) is 54.1 Å². The summed E-state index contributed by atoms with van der Waals surface area (Å²) in [7, 11) is 0. The quantitative estimate of drug-likeness (QED) is 0.353. The Morgan fingerprint density at radius 2 is 1.66 bits per heavy atom. The van der Waals surface area contributed by atoms with Gasteiger partial charge >= 0.3 is 6.18 Å². The van der Waals surface area contributed by atoms with E-state index in [9.17, 15) is 18.0 Å². The largest absolute Gasteiger partial charge is 0.474 e. The fourth-order valence-electron chi connectivity index (χ4n) is 5.32. The van der Waals surface area contributed by atoms with Crippen molar-refractivity contribution in [3.05, 3.63) is 95.0 Å². The van der Waals surface area contributed by atoms with Gasteiger partial charge in [-0.05, 0) is 48.7 Å². The molecule has 0 aliphatic carbocycles. The minimum atomic E-state index is -4.34. The average Bonchev–Trinajstić information content (AvgIpc) is 2.99. The predicted octanol–water partition coefficient (Wildman–Crippen LogP) is 6.09. The first kappa shape index (κ1) is 28.4. The molecule has 2 fully saturated rings. The van der Waals surface area contributed by atoms with Crippen molar-refractivity contribution < 1.29 is 22.7 Å². The van der Waals surface area contributed by atoms with Crippen molar-refractivity contribution in [2.24, 2.45) is 0 Å². The zero-order chi connectivity index (χ0) is 28.8. The van der Waals surface area contributed by atoms with Crippen LogP contribution in [0, 0.1) is 6.57 Å². The first-order valence-corrected chi connectivity index (χ1v) is 13.8. The van der Waals surface area contributed by atoms with Gasteiger partial charge in [0.15, 0.2) is 5.69 Å². The molecule has 0 atom stereocenters. The topological polar surface area (TPSA) is 62.1 Å². The lowest BCUT2D eigenvalue weighted by atomic mass is 10.0. The molecule has 0 bridgehead atoms. The fraction of sp³-hybridized carbons (Fsp3) is 0.387. The zero-order valence-corrected chi connectivity index (χ0v) is 22.6. The molecule has 7 nitrogen and oxygen atoms in total. The van der Waals surface area contributed by atoms with E-state index in [4.69, 9.17) is 11.3 Å². The van der Waals surface area contributed by atoms with Crippen LogP contribution < -0.4 is 15.0 Å². The standard InChI is InChI=1S/C31H32F3N5O2/c1-35-25-6-2-22(3-7-25)21-38-16-11-26(12-17-38)37-30(40)23-10-15-36-29(20-23)41-28-13-18-39(19-14-28)27-8-4-24(5-9-27)31(32,33)34/h2-10,15,20,26,28H,11-14,16-19,21H2,(H,37,40). The third-order valence-corrected chi connectivity index (χ3v) is 7.68. The Hall–Kier alpha value is -4.10. The number of aromatic nitrogens is 1. The van der Waals surface area contributed by atoms with E-state index in [1.807, 2.05) is 29.2 Å². The van der Waals surface area contributed by atoms with Crippen molar-refractivity contribution >= 4 is 17.3 Å². The number of carbonyl (C=O) groups excluding carboxylic acids is 1. The molecule has 0 spiro atoms. The summed E-state index contributed by atoms with van der Waals surface area (Å²) < 4.78 is 44.6. The molecule has 1 amide bonds. The molecular formula is C31H32F3N5O2. The highest BCUT2D eigenvalue weighted by Crippen LogP contribution is 2.31. The zero-order valence-electron chi connectivity index (χ0n) is 22.6. The van der Waals surface area contributed by atoms with Crippen molar-refractivity contribution in [2.45, 2.75) is 50.6 Å². The molecule has 2 aliphatic rings. The molecular weight excluding hydrogens is 531 g/mol. The summed E-state index contributed by atoms with van der Waals surface area (Å²) in [6.07, 6.45) is 0.250. The summed E-state index contributed by atoms with van der Waals surface area (Å²) in [5, 5.41) is 3.14. The van der Waals surface area contributed by atoms with Gasteiger partial charge in [0.2, 0.25) is 5.88 Å². The third kappa shape index (κ3) is 7.55.